The Morgan fingerprint density at radius 2 is 2.17 bits per heavy atom. The van der Waals surface area contributed by atoms with Crippen LogP contribution in [0.15, 0.2) is 34.7 Å². The topological polar surface area (TPSA) is 71.5 Å². The highest BCUT2D eigenvalue weighted by atomic mass is 16.3. The minimum atomic E-state index is -0.0789. The quantitative estimate of drug-likeness (QED) is 0.786. The van der Waals surface area contributed by atoms with Crippen molar-refractivity contribution in [3.05, 3.63) is 53.0 Å². The van der Waals surface area contributed by atoms with Crippen molar-refractivity contribution in [2.45, 2.75) is 26.6 Å². The standard InChI is InChI=1S/C17H17N3O3/c1-11-6-13-7-12(2-3-16(13)23-11)17(22)19-4-5-20-15(9-19)8-14(10-21)18-20/h2-3,6-8,21H,4-5,9-10H2,1H3. The summed E-state index contributed by atoms with van der Waals surface area (Å²) in [5.74, 6) is 0.840. The van der Waals surface area contributed by atoms with E-state index in [9.17, 15) is 9.90 Å². The molecule has 0 unspecified atom stereocenters. The molecule has 1 aromatic carbocycles. The number of carbonyl (C=O) groups excluding carboxylic acids is 1. The van der Waals surface area contributed by atoms with Crippen molar-refractivity contribution >= 4 is 16.9 Å². The van der Waals surface area contributed by atoms with Gasteiger partial charge in [0.15, 0.2) is 0 Å². The fraction of sp³-hybridized carbons (Fsp3) is 0.294. The minimum absolute atomic E-state index is 0.00347. The molecular formula is C17H17N3O3. The van der Waals surface area contributed by atoms with Crippen LogP contribution in [0, 0.1) is 6.92 Å². The molecule has 6 heteroatoms. The number of hydrogen-bond donors (Lipinski definition) is 1. The molecule has 4 rings (SSSR count). The van der Waals surface area contributed by atoms with Crippen LogP contribution in [0.5, 0.6) is 0 Å². The first-order chi connectivity index (χ1) is 11.1. The SMILES string of the molecule is Cc1cc2cc(C(=O)N3CCn4nc(CO)cc4C3)ccc2o1. The molecule has 3 aromatic rings. The zero-order valence-corrected chi connectivity index (χ0v) is 12.8. The Morgan fingerprint density at radius 1 is 1.30 bits per heavy atom. The van der Waals surface area contributed by atoms with Gasteiger partial charge in [-0.3, -0.25) is 9.48 Å². The predicted octanol–water partition coefficient (Wildman–Crippen LogP) is 2.09. The molecule has 0 fully saturated rings. The fourth-order valence-electron chi connectivity index (χ4n) is 3.07. The van der Waals surface area contributed by atoms with E-state index in [1.54, 1.807) is 6.07 Å². The number of fused-ring (bicyclic) bond motifs is 2. The van der Waals surface area contributed by atoms with Crippen LogP contribution in [-0.4, -0.2) is 32.2 Å². The lowest BCUT2D eigenvalue weighted by atomic mass is 10.1. The summed E-state index contributed by atoms with van der Waals surface area (Å²) in [5, 5.41) is 14.4. The maximum Gasteiger partial charge on any atom is 0.254 e. The van der Waals surface area contributed by atoms with Crippen LogP contribution >= 0.6 is 0 Å². The van der Waals surface area contributed by atoms with Crippen LogP contribution in [0.3, 0.4) is 0 Å². The molecule has 0 saturated heterocycles. The number of aromatic nitrogens is 2. The normalized spacial score (nSPS) is 14.3. The van der Waals surface area contributed by atoms with E-state index in [1.165, 1.54) is 0 Å². The van der Waals surface area contributed by atoms with Crippen molar-refractivity contribution in [3.8, 4) is 0 Å². The van der Waals surface area contributed by atoms with Crippen LogP contribution in [0.4, 0.5) is 0 Å². The lowest BCUT2D eigenvalue weighted by Gasteiger charge is -2.27. The minimum Gasteiger partial charge on any atom is -0.461 e. The van der Waals surface area contributed by atoms with E-state index < -0.39 is 0 Å². The summed E-state index contributed by atoms with van der Waals surface area (Å²) in [4.78, 5) is 14.6. The average Bonchev–Trinajstić information content (AvgIpc) is 3.14. The third kappa shape index (κ3) is 2.41. The van der Waals surface area contributed by atoms with Gasteiger partial charge in [-0.15, -0.1) is 0 Å². The molecule has 0 saturated carbocycles. The number of aryl methyl sites for hydroxylation is 1. The van der Waals surface area contributed by atoms with Gasteiger partial charge in [0.1, 0.15) is 11.3 Å². The largest absolute Gasteiger partial charge is 0.461 e. The Hall–Kier alpha value is -2.60. The second-order valence-corrected chi connectivity index (χ2v) is 5.84. The van der Waals surface area contributed by atoms with E-state index in [2.05, 4.69) is 5.10 Å². The number of amides is 1. The van der Waals surface area contributed by atoms with Gasteiger partial charge in [0.25, 0.3) is 5.91 Å². The Kier molecular flexibility index (Phi) is 3.20. The van der Waals surface area contributed by atoms with E-state index in [1.807, 2.05) is 40.8 Å². The number of hydrogen-bond acceptors (Lipinski definition) is 4. The third-order valence-corrected chi connectivity index (χ3v) is 4.18. The molecular weight excluding hydrogens is 294 g/mol. The summed E-state index contributed by atoms with van der Waals surface area (Å²) in [6.45, 7) is 3.58. The van der Waals surface area contributed by atoms with Gasteiger partial charge in [0, 0.05) is 17.5 Å². The summed E-state index contributed by atoms with van der Waals surface area (Å²) in [5.41, 5.74) is 3.05. The van der Waals surface area contributed by atoms with Crippen molar-refractivity contribution < 1.29 is 14.3 Å². The first-order valence-electron chi connectivity index (χ1n) is 7.60. The molecule has 2 aromatic heterocycles. The van der Waals surface area contributed by atoms with Crippen molar-refractivity contribution in [3.63, 3.8) is 0 Å². The molecule has 6 nitrogen and oxygen atoms in total. The lowest BCUT2D eigenvalue weighted by molar-refractivity contribution is 0.0706. The fourth-order valence-corrected chi connectivity index (χ4v) is 3.07. The Balaban J connectivity index is 1.60. The van der Waals surface area contributed by atoms with Crippen molar-refractivity contribution in [2.75, 3.05) is 6.54 Å². The first-order valence-corrected chi connectivity index (χ1v) is 7.60. The molecule has 3 heterocycles. The molecule has 0 aliphatic carbocycles. The van der Waals surface area contributed by atoms with Crippen LogP contribution in [-0.2, 0) is 19.7 Å². The molecule has 1 N–H and O–H groups in total. The zero-order valence-electron chi connectivity index (χ0n) is 12.8. The monoisotopic (exact) mass is 311 g/mol. The van der Waals surface area contributed by atoms with Gasteiger partial charge < -0.3 is 14.4 Å². The summed E-state index contributed by atoms with van der Waals surface area (Å²) in [6, 6.07) is 9.30. The van der Waals surface area contributed by atoms with Gasteiger partial charge in [-0.1, -0.05) is 0 Å². The molecule has 0 bridgehead atoms. The second-order valence-electron chi connectivity index (χ2n) is 5.84. The van der Waals surface area contributed by atoms with Gasteiger partial charge in [-0.2, -0.15) is 5.10 Å². The van der Waals surface area contributed by atoms with E-state index in [0.29, 0.717) is 30.9 Å². The van der Waals surface area contributed by atoms with Gasteiger partial charge in [-0.25, -0.2) is 0 Å². The molecule has 1 aliphatic rings. The van der Waals surface area contributed by atoms with Crippen LogP contribution in [0.25, 0.3) is 11.0 Å². The van der Waals surface area contributed by atoms with E-state index in [0.717, 1.165) is 22.4 Å². The number of aliphatic hydroxyl groups excluding tert-OH is 1. The Morgan fingerprint density at radius 3 is 3.00 bits per heavy atom. The number of nitrogens with zero attached hydrogens (tertiary/aromatic N) is 3. The molecule has 23 heavy (non-hydrogen) atoms. The van der Waals surface area contributed by atoms with Crippen molar-refractivity contribution in [1.82, 2.24) is 14.7 Å². The average molecular weight is 311 g/mol. The third-order valence-electron chi connectivity index (χ3n) is 4.18. The zero-order chi connectivity index (χ0) is 16.0. The van der Waals surface area contributed by atoms with Crippen molar-refractivity contribution in [1.29, 1.82) is 0 Å². The molecule has 0 atom stereocenters. The summed E-state index contributed by atoms with van der Waals surface area (Å²) < 4.78 is 7.41. The van der Waals surface area contributed by atoms with E-state index in [4.69, 9.17) is 4.42 Å². The Bertz CT molecular complexity index is 894. The van der Waals surface area contributed by atoms with E-state index >= 15 is 0 Å². The predicted molar refractivity (Wildman–Crippen MR) is 83.8 cm³/mol. The van der Waals surface area contributed by atoms with Gasteiger partial charge in [0.05, 0.1) is 31.1 Å². The van der Waals surface area contributed by atoms with Crippen molar-refractivity contribution in [2.24, 2.45) is 0 Å². The summed E-state index contributed by atoms with van der Waals surface area (Å²) in [6.07, 6.45) is 0. The molecule has 0 radical (unpaired) electrons. The van der Waals surface area contributed by atoms with E-state index in [-0.39, 0.29) is 12.5 Å². The number of benzene rings is 1. The number of carbonyl (C=O) groups is 1. The number of rotatable bonds is 2. The highest BCUT2D eigenvalue weighted by Gasteiger charge is 2.23. The number of furan rings is 1. The smallest absolute Gasteiger partial charge is 0.254 e. The maximum atomic E-state index is 12.8. The Labute approximate surface area is 132 Å². The summed E-state index contributed by atoms with van der Waals surface area (Å²) >= 11 is 0. The van der Waals surface area contributed by atoms with Gasteiger partial charge in [0.2, 0.25) is 0 Å². The second kappa shape index (κ2) is 5.24. The highest BCUT2D eigenvalue weighted by Crippen LogP contribution is 2.22. The molecule has 118 valence electrons. The van der Waals surface area contributed by atoms with Crippen LogP contribution in [0.1, 0.15) is 27.5 Å². The van der Waals surface area contributed by atoms with Gasteiger partial charge >= 0.3 is 0 Å². The molecule has 1 amide bonds. The van der Waals surface area contributed by atoms with Crippen LogP contribution < -0.4 is 0 Å². The molecule has 1 aliphatic heterocycles. The maximum absolute atomic E-state index is 12.8. The first kappa shape index (κ1) is 14.0. The highest BCUT2D eigenvalue weighted by molar-refractivity contribution is 5.97. The lowest BCUT2D eigenvalue weighted by Crippen LogP contribution is -2.38. The van der Waals surface area contributed by atoms with Crippen LogP contribution in [0.2, 0.25) is 0 Å². The van der Waals surface area contributed by atoms with Gasteiger partial charge in [-0.05, 0) is 37.3 Å². The summed E-state index contributed by atoms with van der Waals surface area (Å²) in [7, 11) is 0. The number of aliphatic hydroxyl groups is 1. The molecule has 0 spiro atoms.